The summed E-state index contributed by atoms with van der Waals surface area (Å²) in [7, 11) is 0. The molecule has 0 unspecified atom stereocenters. The maximum absolute atomic E-state index is 14.4. The zero-order chi connectivity index (χ0) is 63.3. The van der Waals surface area contributed by atoms with Crippen molar-refractivity contribution >= 4 is 71.0 Å². The van der Waals surface area contributed by atoms with E-state index >= 15 is 0 Å². The number of fused-ring (bicyclic) bond motifs is 1. The second kappa shape index (κ2) is 37.1. The maximum Gasteiger partial charge on any atom is 0.336 e. The number of hydrogen-bond acceptors (Lipinski definition) is 18. The molecule has 1 aromatic carbocycles. The molecule has 21 N–H and O–H groups in total. The third-order valence-electron chi connectivity index (χ3n) is 15.0. The highest BCUT2D eigenvalue weighted by Crippen LogP contribution is 2.22. The predicted octanol–water partition coefficient (Wildman–Crippen LogP) is -3.85. The molecule has 1 aromatic rings. The smallest absolute Gasteiger partial charge is 0.336 e. The number of carbonyl (C=O) groups is 10. The molecule has 86 heavy (non-hydrogen) atoms. The van der Waals surface area contributed by atoms with E-state index in [1.54, 1.807) is 44.2 Å². The first-order valence-electron chi connectivity index (χ1n) is 29.8. The fraction of sp³-hybridized carbons (Fsp3) is 0.649. The molecule has 3 aliphatic rings. The first-order valence-corrected chi connectivity index (χ1v) is 29.8. The van der Waals surface area contributed by atoms with Crippen molar-refractivity contribution in [3.05, 3.63) is 48.0 Å². The van der Waals surface area contributed by atoms with E-state index in [1.165, 1.54) is 22.0 Å². The molecule has 3 aliphatic heterocycles. The van der Waals surface area contributed by atoms with Gasteiger partial charge in [-0.3, -0.25) is 48.3 Å². The number of nitrogens with two attached hydrogens (primary N) is 7. The zero-order valence-corrected chi connectivity index (χ0v) is 49.6. The van der Waals surface area contributed by atoms with E-state index in [4.69, 9.17) is 44.9 Å². The molecule has 478 valence electrons. The SMILES string of the molecule is CC(C)C[C@H](NC(=O)[C@H](CCCN=C(N)N)NC(=O)[C@@H]1CCCN1C(=O)[C@@H](N)CCCN=C(N)N)C(=O)N[C@@H](CO)C(=O)N[C@@H]1CC=CC[C@@H](C(=O)OC(=O)[C@@H](N)Cc2ccccc2)NC(=O)[C@@H]2CCCN2C(=O)CNC[C@H](CCCCN)CC1=O. The number of unbranched alkanes of at least 4 members (excludes halogenated alkanes) is 1. The van der Waals surface area contributed by atoms with Crippen LogP contribution in [0.15, 0.2) is 52.5 Å². The molecule has 0 spiro atoms. The van der Waals surface area contributed by atoms with E-state index in [0.717, 1.165) is 0 Å². The van der Waals surface area contributed by atoms with Gasteiger partial charge < -0.3 is 91.7 Å². The minimum Gasteiger partial charge on any atom is -0.394 e. The van der Waals surface area contributed by atoms with Gasteiger partial charge in [-0.2, -0.15) is 0 Å². The van der Waals surface area contributed by atoms with Gasteiger partial charge in [0.15, 0.2) is 17.7 Å². The molecule has 10 atom stereocenters. The minimum absolute atomic E-state index is 0.00897. The van der Waals surface area contributed by atoms with E-state index in [-0.39, 0.29) is 127 Å². The van der Waals surface area contributed by atoms with Crippen LogP contribution < -0.4 is 72.0 Å². The molecule has 0 bridgehead atoms. The summed E-state index contributed by atoms with van der Waals surface area (Å²) in [6.07, 6.45) is 6.75. The van der Waals surface area contributed by atoms with Gasteiger partial charge >= 0.3 is 11.9 Å². The van der Waals surface area contributed by atoms with Gasteiger partial charge in [-0.25, -0.2) is 9.59 Å². The lowest BCUT2D eigenvalue weighted by atomic mass is 9.92. The van der Waals surface area contributed by atoms with Crippen LogP contribution in [0.2, 0.25) is 0 Å². The Labute approximate surface area is 502 Å². The summed E-state index contributed by atoms with van der Waals surface area (Å²) in [5.41, 5.74) is 40.8. The van der Waals surface area contributed by atoms with Crippen LogP contribution in [0.1, 0.15) is 116 Å². The number of benzene rings is 1. The topological polar surface area (TPSA) is 486 Å². The van der Waals surface area contributed by atoms with Crippen LogP contribution in [-0.2, 0) is 59.1 Å². The Morgan fingerprint density at radius 3 is 2.09 bits per heavy atom. The summed E-state index contributed by atoms with van der Waals surface area (Å²) < 4.78 is 5.21. The number of rotatable bonds is 28. The predicted molar refractivity (Wildman–Crippen MR) is 320 cm³/mol. The Kier molecular flexibility index (Phi) is 30.6. The highest BCUT2D eigenvalue weighted by atomic mass is 16.6. The quantitative estimate of drug-likeness (QED) is 0.00954. The summed E-state index contributed by atoms with van der Waals surface area (Å²) in [5.74, 6) is -8.25. The lowest BCUT2D eigenvalue weighted by Gasteiger charge is -2.29. The Bertz CT molecular complexity index is 2530. The molecule has 29 heteroatoms. The summed E-state index contributed by atoms with van der Waals surface area (Å²) in [6.45, 7) is 3.89. The number of esters is 2. The molecule has 0 radical (unpaired) electrons. The van der Waals surface area contributed by atoms with Gasteiger partial charge in [-0.1, -0.05) is 62.8 Å². The molecule has 0 aromatic heterocycles. The van der Waals surface area contributed by atoms with Gasteiger partial charge in [-0.15, -0.1) is 0 Å². The summed E-state index contributed by atoms with van der Waals surface area (Å²) >= 11 is 0. The Balaban J connectivity index is 1.56. The molecule has 0 saturated carbocycles. The molecular formula is C57H93N17O12. The number of ether oxygens (including phenoxy) is 1. The summed E-state index contributed by atoms with van der Waals surface area (Å²) in [6, 6.07) is -2.28. The molecular weight excluding hydrogens is 1110 g/mol. The first kappa shape index (κ1) is 70.9. The average molecular weight is 1210 g/mol. The van der Waals surface area contributed by atoms with Gasteiger partial charge in [0.1, 0.15) is 42.3 Å². The van der Waals surface area contributed by atoms with Crippen molar-refractivity contribution in [2.45, 2.75) is 171 Å². The number of ketones is 1. The fourth-order valence-electron chi connectivity index (χ4n) is 10.4. The molecule has 29 nitrogen and oxygen atoms in total. The second-order valence-corrected chi connectivity index (χ2v) is 22.5. The Morgan fingerprint density at radius 2 is 1.43 bits per heavy atom. The Hall–Kier alpha value is -7.60. The largest absolute Gasteiger partial charge is 0.394 e. The lowest BCUT2D eigenvalue weighted by molar-refractivity contribution is -0.163. The first-order chi connectivity index (χ1) is 41.0. The van der Waals surface area contributed by atoms with Gasteiger partial charge in [0.25, 0.3) is 0 Å². The molecule has 2 saturated heterocycles. The van der Waals surface area contributed by atoms with Crippen molar-refractivity contribution in [2.24, 2.45) is 62.0 Å². The molecule has 0 aliphatic carbocycles. The molecule has 2 fully saturated rings. The number of amides is 7. The highest BCUT2D eigenvalue weighted by Gasteiger charge is 2.40. The number of Topliss-reactive ketones (excluding diaryl/α,β-unsaturated/α-hetero) is 1. The molecule has 4 rings (SSSR count). The number of aliphatic hydroxyl groups excluding tert-OH is 1. The van der Waals surface area contributed by atoms with Crippen molar-refractivity contribution in [1.82, 2.24) is 41.7 Å². The highest BCUT2D eigenvalue weighted by molar-refractivity contribution is 5.98. The monoisotopic (exact) mass is 1210 g/mol. The van der Waals surface area contributed by atoms with Gasteiger partial charge in [0, 0.05) is 32.6 Å². The number of aliphatic hydroxyl groups is 1. The number of carbonyl (C=O) groups excluding carboxylic acids is 10. The van der Waals surface area contributed by atoms with Gasteiger partial charge in [0.05, 0.1) is 25.2 Å². The normalized spacial score (nSPS) is 21.3. The van der Waals surface area contributed by atoms with E-state index in [2.05, 4.69) is 41.9 Å². The average Bonchev–Trinajstić information content (AvgIpc) is 3.07. The third kappa shape index (κ3) is 24.0. The van der Waals surface area contributed by atoms with Crippen LogP contribution in [0.25, 0.3) is 0 Å². The summed E-state index contributed by atoms with van der Waals surface area (Å²) in [5, 5.41) is 27.1. The second-order valence-electron chi connectivity index (χ2n) is 22.5. The van der Waals surface area contributed by atoms with Crippen LogP contribution in [0.3, 0.4) is 0 Å². The minimum atomic E-state index is -1.67. The van der Waals surface area contributed by atoms with Crippen molar-refractivity contribution in [2.75, 3.05) is 52.4 Å². The number of nitrogens with one attached hydrogen (secondary N) is 6. The number of aliphatic imine (C=N–C) groups is 2. The van der Waals surface area contributed by atoms with Crippen molar-refractivity contribution in [1.29, 1.82) is 0 Å². The molecule has 7 amide bonds. The van der Waals surface area contributed by atoms with Crippen LogP contribution in [0.4, 0.5) is 0 Å². The van der Waals surface area contributed by atoms with Crippen LogP contribution in [-0.4, -0.2) is 193 Å². The third-order valence-corrected chi connectivity index (χ3v) is 15.0. The van der Waals surface area contributed by atoms with Crippen LogP contribution in [0.5, 0.6) is 0 Å². The van der Waals surface area contributed by atoms with Crippen LogP contribution >= 0.6 is 0 Å². The van der Waals surface area contributed by atoms with E-state index in [0.29, 0.717) is 57.1 Å². The van der Waals surface area contributed by atoms with E-state index in [9.17, 15) is 53.1 Å². The van der Waals surface area contributed by atoms with Crippen molar-refractivity contribution < 1.29 is 57.8 Å². The fourth-order valence-corrected chi connectivity index (χ4v) is 10.4. The summed E-state index contributed by atoms with van der Waals surface area (Å²) in [4.78, 5) is 150. The standard InChI is InChI=1S/C57H93N17O12/c1-34(2)28-42(71-48(78)40(20-11-25-67-57(63)64)69-52(82)45-22-13-27-74(45)53(83)37(59)17-10-24-66-56(61)62)49(79)72-43(33-75)50(80)68-39-18-6-7-19-41(55(85)86-54(84)38(60)29-35-14-4-3-5-15-35)70-51(81)44-21-12-26-73(44)47(77)32-65-31-36(30-46(39)76)16-8-9-23-58/h3-7,14-15,34,36-45,65,75H,8-13,16-33,58-60H2,1-2H3,(H,68,80)(H,69,82)(H,70,81)(H,71,78)(H,72,79)(H4,61,62,66)(H4,63,64,67)/t36-,37+,38+,39-,40+,41+,42+,43+,44+,45+/m1/s1. The number of hydrogen-bond donors (Lipinski definition) is 14. The number of guanidine groups is 2. The number of likely N-dealkylation sites (tertiary alicyclic amines) is 1. The Morgan fingerprint density at radius 1 is 0.779 bits per heavy atom. The van der Waals surface area contributed by atoms with Gasteiger partial charge in [0.2, 0.25) is 41.4 Å². The zero-order valence-electron chi connectivity index (χ0n) is 49.6. The number of nitrogens with zero attached hydrogens (tertiary/aromatic N) is 4. The van der Waals surface area contributed by atoms with Gasteiger partial charge in [-0.05, 0) is 120 Å². The van der Waals surface area contributed by atoms with E-state index < -0.39 is 114 Å². The van der Waals surface area contributed by atoms with Crippen molar-refractivity contribution in [3.8, 4) is 0 Å². The molecule has 3 heterocycles. The maximum atomic E-state index is 14.4. The lowest BCUT2D eigenvalue weighted by Crippen LogP contribution is -2.59. The van der Waals surface area contributed by atoms with Crippen LogP contribution in [0, 0.1) is 11.8 Å². The van der Waals surface area contributed by atoms with E-state index in [1.807, 2.05) is 0 Å². The van der Waals surface area contributed by atoms with Crippen molar-refractivity contribution in [3.63, 3.8) is 0 Å².